The van der Waals surface area contributed by atoms with Crippen molar-refractivity contribution in [3.05, 3.63) is 35.4 Å². The Balaban J connectivity index is 2.78. The van der Waals surface area contributed by atoms with E-state index >= 15 is 0 Å². The molecule has 0 aliphatic rings. The topological polar surface area (TPSA) is 109 Å². The lowest BCUT2D eigenvalue weighted by Crippen LogP contribution is -2.46. The maximum Gasteiger partial charge on any atom is 0.416 e. The zero-order valence-corrected chi connectivity index (χ0v) is 12.8. The van der Waals surface area contributed by atoms with Gasteiger partial charge < -0.3 is 21.0 Å². The number of rotatable bonds is 7. The molecular formula is C15H17F3N2O4. The lowest BCUT2D eigenvalue weighted by atomic mass is 10.0. The number of benzene rings is 1. The number of aliphatic hydroxyl groups excluding tert-OH is 1. The number of carbonyl (C=O) groups excluding carboxylic acids is 3. The molecule has 2 amide bonds. The van der Waals surface area contributed by atoms with Crippen LogP contribution in [0.3, 0.4) is 0 Å². The first-order valence-corrected chi connectivity index (χ1v) is 6.96. The molecule has 0 bridgehead atoms. The van der Waals surface area contributed by atoms with Gasteiger partial charge in [0.05, 0.1) is 5.56 Å². The number of aliphatic hydroxyl groups is 1. The van der Waals surface area contributed by atoms with Gasteiger partial charge in [-0.05, 0) is 31.0 Å². The van der Waals surface area contributed by atoms with Gasteiger partial charge >= 0.3 is 6.18 Å². The summed E-state index contributed by atoms with van der Waals surface area (Å²) in [6.45, 7) is 1.30. The molecule has 0 aliphatic heterocycles. The molecule has 2 atom stereocenters. The summed E-state index contributed by atoms with van der Waals surface area (Å²) in [5.41, 5.74) is 4.11. The standard InChI is InChI=1S/C15H17F3N2O4/c1-8(21)2-7-11(13(19)23)20-14(24)12(22)9-3-5-10(6-4-9)15(16,17)18/h3-6,11-12,22H,2,7H2,1H3,(H2,19,23)(H,20,24)/t11-,12+/m1/s1. The van der Waals surface area contributed by atoms with Gasteiger partial charge in [-0.2, -0.15) is 13.2 Å². The van der Waals surface area contributed by atoms with E-state index in [0.29, 0.717) is 0 Å². The van der Waals surface area contributed by atoms with Gasteiger partial charge in [0.25, 0.3) is 5.91 Å². The van der Waals surface area contributed by atoms with E-state index in [1.807, 2.05) is 0 Å². The molecule has 4 N–H and O–H groups in total. The minimum absolute atomic E-state index is 0.00423. The fourth-order valence-electron chi connectivity index (χ4n) is 1.89. The van der Waals surface area contributed by atoms with Crippen LogP contribution in [0.25, 0.3) is 0 Å². The summed E-state index contributed by atoms with van der Waals surface area (Å²) in [6.07, 6.45) is -6.33. The first-order valence-electron chi connectivity index (χ1n) is 6.96. The van der Waals surface area contributed by atoms with Crippen molar-refractivity contribution in [2.75, 3.05) is 0 Å². The van der Waals surface area contributed by atoms with Crippen molar-refractivity contribution in [3.8, 4) is 0 Å². The molecule has 132 valence electrons. The first kappa shape index (κ1) is 19.6. The second-order valence-corrected chi connectivity index (χ2v) is 5.23. The van der Waals surface area contributed by atoms with Crippen LogP contribution in [0.2, 0.25) is 0 Å². The average molecular weight is 346 g/mol. The zero-order chi connectivity index (χ0) is 18.5. The summed E-state index contributed by atoms with van der Waals surface area (Å²) < 4.78 is 37.4. The van der Waals surface area contributed by atoms with E-state index in [4.69, 9.17) is 5.73 Å². The number of halogens is 3. The minimum atomic E-state index is -4.53. The molecule has 0 saturated heterocycles. The van der Waals surface area contributed by atoms with Crippen LogP contribution >= 0.6 is 0 Å². The number of hydrogen-bond donors (Lipinski definition) is 3. The third kappa shape index (κ3) is 5.65. The van der Waals surface area contributed by atoms with E-state index in [-0.39, 0.29) is 24.2 Å². The number of ketones is 1. The Morgan fingerprint density at radius 3 is 2.17 bits per heavy atom. The fourth-order valence-corrected chi connectivity index (χ4v) is 1.89. The lowest BCUT2D eigenvalue weighted by Gasteiger charge is -2.18. The van der Waals surface area contributed by atoms with Crippen LogP contribution < -0.4 is 11.1 Å². The van der Waals surface area contributed by atoms with Crippen LogP contribution in [-0.2, 0) is 20.6 Å². The van der Waals surface area contributed by atoms with Gasteiger partial charge in [-0.3, -0.25) is 9.59 Å². The van der Waals surface area contributed by atoms with Crippen LogP contribution in [0.4, 0.5) is 13.2 Å². The molecule has 9 heteroatoms. The van der Waals surface area contributed by atoms with Crippen molar-refractivity contribution in [1.82, 2.24) is 5.32 Å². The molecule has 24 heavy (non-hydrogen) atoms. The van der Waals surface area contributed by atoms with Crippen LogP contribution in [0, 0.1) is 0 Å². The quantitative estimate of drug-likeness (QED) is 0.686. The molecule has 1 aromatic rings. The number of primary amides is 1. The predicted octanol–water partition coefficient (Wildman–Crippen LogP) is 1.08. The Bertz CT molecular complexity index is 614. The number of nitrogens with one attached hydrogen (secondary N) is 1. The van der Waals surface area contributed by atoms with Crippen molar-refractivity contribution in [2.24, 2.45) is 5.73 Å². The number of carbonyl (C=O) groups is 3. The molecule has 0 spiro atoms. The first-order chi connectivity index (χ1) is 11.0. The Morgan fingerprint density at radius 2 is 1.75 bits per heavy atom. The highest BCUT2D eigenvalue weighted by Crippen LogP contribution is 2.29. The van der Waals surface area contributed by atoms with Gasteiger partial charge in [-0.1, -0.05) is 12.1 Å². The lowest BCUT2D eigenvalue weighted by molar-refractivity contribution is -0.137. The number of alkyl halides is 3. The van der Waals surface area contributed by atoms with Crippen molar-refractivity contribution in [2.45, 2.75) is 38.1 Å². The largest absolute Gasteiger partial charge is 0.416 e. The van der Waals surface area contributed by atoms with Gasteiger partial charge in [0, 0.05) is 6.42 Å². The summed E-state index contributed by atoms with van der Waals surface area (Å²) in [5, 5.41) is 12.1. The highest BCUT2D eigenvalue weighted by molar-refractivity contribution is 5.89. The summed E-state index contributed by atoms with van der Waals surface area (Å²) in [7, 11) is 0. The van der Waals surface area contributed by atoms with E-state index in [1.165, 1.54) is 6.92 Å². The molecule has 0 aliphatic carbocycles. The number of hydrogen-bond acceptors (Lipinski definition) is 4. The molecule has 0 aromatic heterocycles. The third-order valence-electron chi connectivity index (χ3n) is 3.25. The van der Waals surface area contributed by atoms with E-state index in [9.17, 15) is 32.7 Å². The van der Waals surface area contributed by atoms with Crippen LogP contribution in [-0.4, -0.2) is 28.7 Å². The Labute approximate surface area is 135 Å². The monoisotopic (exact) mass is 346 g/mol. The maximum absolute atomic E-state index is 12.5. The molecule has 0 fully saturated rings. The zero-order valence-electron chi connectivity index (χ0n) is 12.8. The predicted molar refractivity (Wildman–Crippen MR) is 77.4 cm³/mol. The Morgan fingerprint density at radius 1 is 1.21 bits per heavy atom. The molecule has 0 heterocycles. The number of Topliss-reactive ketones (excluding diaryl/α,β-unsaturated/α-hetero) is 1. The van der Waals surface area contributed by atoms with Crippen molar-refractivity contribution < 1.29 is 32.7 Å². The van der Waals surface area contributed by atoms with Crippen molar-refractivity contribution in [1.29, 1.82) is 0 Å². The molecule has 1 aromatic carbocycles. The second kappa shape index (κ2) is 7.91. The van der Waals surface area contributed by atoms with Gasteiger partial charge in [0.15, 0.2) is 6.10 Å². The maximum atomic E-state index is 12.5. The normalized spacial score (nSPS) is 13.9. The van der Waals surface area contributed by atoms with Crippen molar-refractivity contribution >= 4 is 17.6 Å². The SMILES string of the molecule is CC(=O)CC[C@@H](NC(=O)[C@@H](O)c1ccc(C(F)(F)F)cc1)C(N)=O. The molecule has 6 nitrogen and oxygen atoms in total. The average Bonchev–Trinajstić information content (AvgIpc) is 2.49. The highest BCUT2D eigenvalue weighted by atomic mass is 19.4. The van der Waals surface area contributed by atoms with E-state index in [2.05, 4.69) is 5.32 Å². The van der Waals surface area contributed by atoms with Crippen molar-refractivity contribution in [3.63, 3.8) is 0 Å². The minimum Gasteiger partial charge on any atom is -0.378 e. The summed E-state index contributed by atoms with van der Waals surface area (Å²) in [4.78, 5) is 34.1. The molecule has 0 saturated carbocycles. The van der Waals surface area contributed by atoms with Gasteiger partial charge in [0.2, 0.25) is 5.91 Å². The molecule has 0 radical (unpaired) electrons. The number of amides is 2. The molecule has 1 rings (SSSR count). The Kier molecular flexibility index (Phi) is 6.47. The highest BCUT2D eigenvalue weighted by Gasteiger charge is 2.31. The summed E-state index contributed by atoms with van der Waals surface area (Å²) in [6, 6.07) is 2.22. The van der Waals surface area contributed by atoms with E-state index < -0.39 is 35.7 Å². The van der Waals surface area contributed by atoms with Gasteiger partial charge in [0.1, 0.15) is 11.8 Å². The van der Waals surface area contributed by atoms with E-state index in [0.717, 1.165) is 24.3 Å². The van der Waals surface area contributed by atoms with Crippen LogP contribution in [0.15, 0.2) is 24.3 Å². The summed E-state index contributed by atoms with van der Waals surface area (Å²) in [5.74, 6) is -2.09. The molecular weight excluding hydrogens is 329 g/mol. The number of nitrogens with two attached hydrogens (primary N) is 1. The van der Waals surface area contributed by atoms with Gasteiger partial charge in [-0.25, -0.2) is 0 Å². The second-order valence-electron chi connectivity index (χ2n) is 5.23. The van der Waals surface area contributed by atoms with Crippen LogP contribution in [0.1, 0.15) is 37.0 Å². The molecule has 0 unspecified atom stereocenters. The van der Waals surface area contributed by atoms with E-state index in [1.54, 1.807) is 0 Å². The third-order valence-corrected chi connectivity index (χ3v) is 3.25. The van der Waals surface area contributed by atoms with Gasteiger partial charge in [-0.15, -0.1) is 0 Å². The van der Waals surface area contributed by atoms with Crippen LogP contribution in [0.5, 0.6) is 0 Å². The summed E-state index contributed by atoms with van der Waals surface area (Å²) >= 11 is 0. The Hall–Kier alpha value is -2.42. The smallest absolute Gasteiger partial charge is 0.378 e. The fraction of sp³-hybridized carbons (Fsp3) is 0.400.